The van der Waals surface area contributed by atoms with E-state index in [1.807, 2.05) is 60.7 Å². The van der Waals surface area contributed by atoms with E-state index in [2.05, 4.69) is 30.5 Å². The van der Waals surface area contributed by atoms with Gasteiger partial charge in [0.15, 0.2) is 22.3 Å². The van der Waals surface area contributed by atoms with Crippen molar-refractivity contribution in [2.24, 2.45) is 5.16 Å². The predicted octanol–water partition coefficient (Wildman–Crippen LogP) is 5.02. The molecule has 0 saturated carbocycles. The van der Waals surface area contributed by atoms with Gasteiger partial charge >= 0.3 is 17.7 Å². The smallest absolute Gasteiger partial charge is 0.352 e. The maximum absolute atomic E-state index is 13.9. The molecule has 1 saturated heterocycles. The van der Waals surface area contributed by atoms with Crippen LogP contribution in [0, 0.1) is 6.92 Å². The SMILES string of the molecule is Cc1cc(SCC2=C(C(=O)O)N3C(=O)[C@@H](NC(=O)/C(=N\OCc4cc(Cl)c5c(c4Cl)OC(c4ccccc4)(c4ccccc4)O5)c4csc(N)n4)[C@H]3SC2)n2nc(C(=O)NO)nc2n1. The van der Waals surface area contributed by atoms with E-state index in [0.717, 1.165) is 16.2 Å². The Morgan fingerprint density at radius 2 is 1.75 bits per heavy atom. The van der Waals surface area contributed by atoms with Crippen LogP contribution in [-0.4, -0.2) is 92.1 Å². The third-order valence-electron chi connectivity index (χ3n) is 10.0. The molecule has 3 amide bonds. The number of nitrogens with zero attached hydrogens (tertiary/aromatic N) is 7. The number of benzene rings is 3. The highest BCUT2D eigenvalue weighted by molar-refractivity contribution is 8.01. The number of aliphatic carboxylic acids is 1. The molecule has 64 heavy (non-hydrogen) atoms. The molecule has 19 nitrogen and oxygen atoms in total. The predicted molar refractivity (Wildman–Crippen MR) is 234 cm³/mol. The number of hydrogen-bond donors (Lipinski definition) is 5. The summed E-state index contributed by atoms with van der Waals surface area (Å²) in [6, 6.07) is 20.7. The van der Waals surface area contributed by atoms with Gasteiger partial charge in [-0.25, -0.2) is 20.2 Å². The quantitative estimate of drug-likeness (QED) is 0.0254. The van der Waals surface area contributed by atoms with Gasteiger partial charge in [-0.15, -0.1) is 40.0 Å². The number of carboxylic acid groups (broad SMARTS) is 1. The second kappa shape index (κ2) is 17.3. The third kappa shape index (κ3) is 7.70. The van der Waals surface area contributed by atoms with Crippen LogP contribution >= 0.6 is 58.1 Å². The Hall–Kier alpha value is -6.43. The van der Waals surface area contributed by atoms with Gasteiger partial charge in [0.2, 0.25) is 5.82 Å². The molecule has 6 N–H and O–H groups in total. The summed E-state index contributed by atoms with van der Waals surface area (Å²) in [7, 11) is 0. The highest BCUT2D eigenvalue weighted by Gasteiger charge is 2.54. The number of hydrogen-bond acceptors (Lipinski definition) is 17. The molecular weight excluding hydrogens is 932 g/mol. The number of anilines is 1. The largest absolute Gasteiger partial charge is 0.477 e. The molecule has 24 heteroatoms. The molecule has 1 fully saturated rings. The number of aromatic nitrogens is 5. The Balaban J connectivity index is 0.919. The molecule has 3 aliphatic rings. The van der Waals surface area contributed by atoms with Crippen LogP contribution in [0.4, 0.5) is 5.13 Å². The first-order valence-corrected chi connectivity index (χ1v) is 22.5. The van der Waals surface area contributed by atoms with Crippen molar-refractivity contribution >= 4 is 98.4 Å². The van der Waals surface area contributed by atoms with Crippen LogP contribution in [0.1, 0.15) is 38.7 Å². The van der Waals surface area contributed by atoms with Crippen LogP contribution in [0.3, 0.4) is 0 Å². The molecule has 6 heterocycles. The molecule has 326 valence electrons. The van der Waals surface area contributed by atoms with Gasteiger partial charge in [-0.1, -0.05) is 89.0 Å². The molecule has 3 aromatic carbocycles. The van der Waals surface area contributed by atoms with Gasteiger partial charge < -0.3 is 30.5 Å². The zero-order chi connectivity index (χ0) is 44.9. The highest BCUT2D eigenvalue weighted by atomic mass is 35.5. The molecule has 2 atom stereocenters. The van der Waals surface area contributed by atoms with E-state index in [-0.39, 0.29) is 73.5 Å². The first-order valence-electron chi connectivity index (χ1n) is 18.8. The number of thioether (sulfide) groups is 2. The minimum Gasteiger partial charge on any atom is -0.477 e. The molecule has 0 bridgehead atoms. The fourth-order valence-corrected chi connectivity index (χ4v) is 10.7. The molecule has 6 aromatic rings. The summed E-state index contributed by atoms with van der Waals surface area (Å²) in [6.45, 7) is 1.41. The van der Waals surface area contributed by atoms with E-state index in [0.29, 0.717) is 33.0 Å². The maximum atomic E-state index is 13.9. The summed E-state index contributed by atoms with van der Waals surface area (Å²) in [5.74, 6) is -4.70. The van der Waals surface area contributed by atoms with Crippen LogP contribution in [-0.2, 0) is 31.6 Å². The zero-order valence-corrected chi connectivity index (χ0v) is 36.7. The molecule has 3 aliphatic heterocycles. The number of aryl methyl sites for hydroxylation is 1. The van der Waals surface area contributed by atoms with E-state index in [9.17, 15) is 24.3 Å². The number of rotatable bonds is 13. The summed E-state index contributed by atoms with van der Waals surface area (Å²) in [5, 5.41) is 31.9. The van der Waals surface area contributed by atoms with Gasteiger partial charge in [0, 0.05) is 39.3 Å². The fraction of sp³-hybridized carbons (Fsp3) is 0.175. The van der Waals surface area contributed by atoms with Gasteiger partial charge in [-0.05, 0) is 24.6 Å². The fourth-order valence-electron chi connectivity index (χ4n) is 7.09. The number of β-lactam (4-membered cyclic amide) rings is 1. The van der Waals surface area contributed by atoms with Crippen LogP contribution in [0.5, 0.6) is 11.5 Å². The average Bonchev–Trinajstić information content (AvgIpc) is 4.05. The molecular formula is C40H30Cl2N10O9S3. The minimum absolute atomic E-state index is 0.0626. The van der Waals surface area contributed by atoms with Crippen molar-refractivity contribution in [2.45, 2.75) is 35.8 Å². The van der Waals surface area contributed by atoms with Crippen molar-refractivity contribution in [1.29, 1.82) is 0 Å². The number of amides is 3. The van der Waals surface area contributed by atoms with Crippen molar-refractivity contribution in [3.8, 4) is 11.5 Å². The Kier molecular flexibility index (Phi) is 11.6. The summed E-state index contributed by atoms with van der Waals surface area (Å²) in [5.41, 5.74) is 9.62. The second-order valence-electron chi connectivity index (χ2n) is 14.1. The number of carboxylic acids is 1. The lowest BCUT2D eigenvalue weighted by Gasteiger charge is -2.49. The number of hydroxylamine groups is 1. The molecule has 0 radical (unpaired) electrons. The summed E-state index contributed by atoms with van der Waals surface area (Å²) >= 11 is 17.2. The van der Waals surface area contributed by atoms with Crippen LogP contribution < -0.4 is 26.0 Å². The lowest BCUT2D eigenvalue weighted by Crippen LogP contribution is -2.71. The van der Waals surface area contributed by atoms with Crippen molar-refractivity contribution in [1.82, 2.24) is 40.3 Å². The topological polar surface area (TPSA) is 258 Å². The summed E-state index contributed by atoms with van der Waals surface area (Å²) in [4.78, 5) is 71.5. The number of oxime groups is 1. The first-order chi connectivity index (χ1) is 30.9. The molecule has 3 aromatic heterocycles. The Morgan fingerprint density at radius 3 is 2.41 bits per heavy atom. The maximum Gasteiger partial charge on any atom is 0.352 e. The number of carbonyl (C=O) groups is 4. The Bertz CT molecular complexity index is 2910. The van der Waals surface area contributed by atoms with E-state index in [1.165, 1.54) is 38.9 Å². The molecule has 9 rings (SSSR count). The van der Waals surface area contributed by atoms with Gasteiger partial charge in [-0.3, -0.25) is 24.5 Å². The number of nitrogen functional groups attached to an aromatic ring is 1. The second-order valence-corrected chi connectivity index (χ2v) is 17.8. The van der Waals surface area contributed by atoms with Crippen molar-refractivity contribution in [3.63, 3.8) is 0 Å². The monoisotopic (exact) mass is 960 g/mol. The van der Waals surface area contributed by atoms with Crippen molar-refractivity contribution < 1.29 is 43.8 Å². The van der Waals surface area contributed by atoms with Gasteiger partial charge in [0.05, 0.1) is 10.0 Å². The number of thiazole rings is 1. The number of carbonyl (C=O) groups excluding carboxylic acids is 3. The molecule has 0 spiro atoms. The minimum atomic E-state index is -1.41. The zero-order valence-electron chi connectivity index (χ0n) is 32.7. The van der Waals surface area contributed by atoms with E-state index in [4.69, 9.17) is 48.5 Å². The van der Waals surface area contributed by atoms with Crippen LogP contribution in [0.25, 0.3) is 5.78 Å². The summed E-state index contributed by atoms with van der Waals surface area (Å²) in [6.07, 6.45) is 0. The third-order valence-corrected chi connectivity index (χ3v) is 13.8. The van der Waals surface area contributed by atoms with Crippen LogP contribution in [0.2, 0.25) is 10.0 Å². The van der Waals surface area contributed by atoms with E-state index < -0.39 is 40.9 Å². The van der Waals surface area contributed by atoms with E-state index >= 15 is 0 Å². The highest BCUT2D eigenvalue weighted by Crippen LogP contribution is 2.55. The van der Waals surface area contributed by atoms with Gasteiger partial charge in [-0.2, -0.15) is 9.50 Å². The molecule has 0 aliphatic carbocycles. The lowest BCUT2D eigenvalue weighted by molar-refractivity contribution is -0.150. The normalized spacial score (nSPS) is 17.5. The van der Waals surface area contributed by atoms with Crippen molar-refractivity contribution in [3.05, 3.63) is 133 Å². The number of ether oxygens (including phenoxy) is 2. The van der Waals surface area contributed by atoms with Crippen molar-refractivity contribution in [2.75, 3.05) is 17.2 Å². The number of halogens is 2. The number of nitrogens with two attached hydrogens (primary N) is 1. The number of nitrogens with one attached hydrogen (secondary N) is 2. The van der Waals surface area contributed by atoms with Gasteiger partial charge in [0.25, 0.3) is 17.6 Å². The lowest BCUT2D eigenvalue weighted by atomic mass is 9.97. The van der Waals surface area contributed by atoms with E-state index in [1.54, 1.807) is 19.1 Å². The molecule has 0 unspecified atom stereocenters. The Labute approximate surface area is 383 Å². The van der Waals surface area contributed by atoms with Crippen LogP contribution in [0.15, 0.2) is 99.6 Å². The summed E-state index contributed by atoms with van der Waals surface area (Å²) < 4.78 is 14.3. The Morgan fingerprint density at radius 1 is 1.05 bits per heavy atom. The number of fused-ring (bicyclic) bond motifs is 3. The standard InChI is InChI=1S/C40H30Cl2N10O9S3/c1-18-12-25(52-39(44-18)47-32(48-52)34(54)49-58)62-15-20-16-63-36-28(35(55)51(36)29(20)37(56)57)46-33(53)27(24-17-64-38(43)45-24)50-59-14-19-13-23(41)30-31(26(19)42)61-40(60-30,21-8-4-2-5-9-21)22-10-6-3-7-11-22/h2-13,17,28,36,58H,14-16H2,1H3,(H2,43,45)(H,46,53)(H,49,54)(H,56,57)/b50-27-/t28-,36-/m1/s1. The first kappa shape index (κ1) is 42.9. The van der Waals surface area contributed by atoms with Gasteiger partial charge in [0.1, 0.15) is 34.4 Å². The average molecular weight is 962 g/mol.